The summed E-state index contributed by atoms with van der Waals surface area (Å²) in [5, 5.41) is 10.5. The van der Waals surface area contributed by atoms with Crippen LogP contribution in [0.1, 0.15) is 80.6 Å². The molecule has 0 radical (unpaired) electrons. The number of rotatable bonds is 14. The van der Waals surface area contributed by atoms with Crippen molar-refractivity contribution in [1.82, 2.24) is 9.80 Å². The van der Waals surface area contributed by atoms with Crippen molar-refractivity contribution in [2.75, 3.05) is 19.8 Å². The maximum absolute atomic E-state index is 14.8. The number of hydrogen-bond donors (Lipinski definition) is 1. The number of alkyl halides is 1. The minimum Gasteiger partial charge on any atom is -0.465 e. The Morgan fingerprint density at radius 3 is 2.41 bits per heavy atom. The molecule has 3 unspecified atom stereocenters. The Bertz CT molecular complexity index is 1010. The fourth-order valence-corrected chi connectivity index (χ4v) is 8.50. The Labute approximate surface area is 255 Å². The number of fused-ring (bicyclic) bond motifs is 1. The molecule has 1 N–H and O–H groups in total. The molecule has 0 saturated carbocycles. The zero-order chi connectivity index (χ0) is 30.9. The molecule has 0 aromatic rings. The summed E-state index contributed by atoms with van der Waals surface area (Å²) in [6.45, 7) is 22.2. The Morgan fingerprint density at radius 1 is 1.22 bits per heavy atom. The number of amides is 2. The topological polar surface area (TPSA) is 96.4 Å². The third-order valence-electron chi connectivity index (χ3n) is 8.87. The Morgan fingerprint density at radius 2 is 1.88 bits per heavy atom. The highest BCUT2D eigenvalue weighted by Crippen LogP contribution is 2.61. The number of nitrogens with zero attached hydrogens (tertiary/aromatic N) is 2. The van der Waals surface area contributed by atoms with E-state index in [4.69, 9.17) is 9.47 Å². The first-order valence-corrected chi connectivity index (χ1v) is 15.9. The molecule has 232 valence electrons. The molecule has 41 heavy (non-hydrogen) atoms. The summed E-state index contributed by atoms with van der Waals surface area (Å²) in [5.74, 6) is -2.85. The fourth-order valence-electron chi connectivity index (χ4n) is 7.56. The maximum Gasteiger partial charge on any atom is 0.312 e. The van der Waals surface area contributed by atoms with Crippen LogP contribution in [-0.4, -0.2) is 86.6 Å². The van der Waals surface area contributed by atoms with Crippen LogP contribution in [-0.2, 0) is 23.9 Å². The van der Waals surface area contributed by atoms with Gasteiger partial charge in [-0.05, 0) is 57.3 Å². The molecule has 3 aliphatic rings. The highest BCUT2D eigenvalue weighted by atomic mass is 79.9. The minimum atomic E-state index is -1.21. The lowest BCUT2D eigenvalue weighted by atomic mass is 9.70. The molecule has 2 bridgehead atoms. The van der Waals surface area contributed by atoms with E-state index in [1.165, 1.54) is 0 Å². The summed E-state index contributed by atoms with van der Waals surface area (Å²) in [7, 11) is 0. The highest BCUT2D eigenvalue weighted by molar-refractivity contribution is 9.09. The number of halogens is 1. The summed E-state index contributed by atoms with van der Waals surface area (Å²) in [6, 6.07) is -1.60. The van der Waals surface area contributed by atoms with E-state index in [9.17, 15) is 19.5 Å². The predicted octanol–water partition coefficient (Wildman–Crippen LogP) is 4.88. The second-order valence-electron chi connectivity index (χ2n) is 14.1. The van der Waals surface area contributed by atoms with E-state index in [1.807, 2.05) is 33.8 Å². The summed E-state index contributed by atoms with van der Waals surface area (Å²) in [4.78, 5) is 45.9. The number of carbonyl (C=O) groups is 3. The van der Waals surface area contributed by atoms with Crippen LogP contribution in [0.5, 0.6) is 0 Å². The zero-order valence-electron chi connectivity index (χ0n) is 26.0. The molecule has 3 aliphatic heterocycles. The molecule has 0 aromatic heterocycles. The maximum atomic E-state index is 14.8. The van der Waals surface area contributed by atoms with Gasteiger partial charge in [0.05, 0.1) is 37.2 Å². The van der Waals surface area contributed by atoms with Crippen molar-refractivity contribution in [3.8, 4) is 0 Å². The van der Waals surface area contributed by atoms with Crippen molar-refractivity contribution in [1.29, 1.82) is 0 Å². The van der Waals surface area contributed by atoms with Crippen LogP contribution in [0.2, 0.25) is 0 Å². The number of allylic oxidation sites excluding steroid dienone is 1. The molecule has 0 aromatic carbocycles. The van der Waals surface area contributed by atoms with Crippen LogP contribution in [0.3, 0.4) is 0 Å². The standard InChI is InChI=1S/C32H51BrN2O6/c1-10-12-13-14-16-40-29(39)23-24-27(37)35(22(18-36)20(3)4)26(32(24)17-21(33)25(23)41-32)28(38)34(15-11-2)31(8,9)19-30(5,6)7/h10-11,20-26,36H,1-2,12-19H2,3-9H3/t21?,22-,23-,24-,25-,26?,32?/m0/s1. The van der Waals surface area contributed by atoms with Crippen molar-refractivity contribution < 1.29 is 29.0 Å². The number of likely N-dealkylation sites (tertiary alicyclic amines) is 1. The lowest BCUT2D eigenvalue weighted by Crippen LogP contribution is -2.63. The van der Waals surface area contributed by atoms with E-state index < -0.39 is 47.1 Å². The fraction of sp³-hybridized carbons (Fsp3) is 0.781. The first-order chi connectivity index (χ1) is 19.1. The third kappa shape index (κ3) is 6.47. The SMILES string of the molecule is C=CCCCCOC(=O)[C@H]1[C@H]2C(=O)N([C@@H](CO)C(C)C)C(C(=O)N(CC=C)C(C)(C)CC(C)(C)C)C23CC(Br)[C@@H]1O3. The van der Waals surface area contributed by atoms with Gasteiger partial charge in [0, 0.05) is 16.9 Å². The number of ether oxygens (including phenoxy) is 2. The van der Waals surface area contributed by atoms with E-state index in [1.54, 1.807) is 15.9 Å². The largest absolute Gasteiger partial charge is 0.465 e. The normalized spacial score (nSPS) is 30.0. The van der Waals surface area contributed by atoms with Gasteiger partial charge in [-0.3, -0.25) is 14.4 Å². The van der Waals surface area contributed by atoms with Gasteiger partial charge in [-0.25, -0.2) is 0 Å². The number of aliphatic hydroxyl groups is 1. The average Bonchev–Trinajstić information content (AvgIpc) is 3.44. The molecule has 8 nitrogen and oxygen atoms in total. The van der Waals surface area contributed by atoms with E-state index >= 15 is 0 Å². The number of carbonyl (C=O) groups excluding carboxylic acids is 3. The van der Waals surface area contributed by atoms with Crippen LogP contribution in [0.4, 0.5) is 0 Å². The summed E-state index contributed by atoms with van der Waals surface area (Å²) in [6.07, 6.45) is 6.47. The second-order valence-corrected chi connectivity index (χ2v) is 15.3. The molecule has 9 heteroatoms. The number of unbranched alkanes of at least 4 members (excludes halogenated alkanes) is 2. The first-order valence-electron chi connectivity index (χ1n) is 15.0. The molecule has 3 rings (SSSR count). The van der Waals surface area contributed by atoms with Gasteiger partial charge in [0.25, 0.3) is 0 Å². The van der Waals surface area contributed by atoms with Gasteiger partial charge in [0.15, 0.2) is 0 Å². The van der Waals surface area contributed by atoms with Crippen LogP contribution in [0.25, 0.3) is 0 Å². The van der Waals surface area contributed by atoms with Gasteiger partial charge in [-0.1, -0.05) is 62.7 Å². The van der Waals surface area contributed by atoms with E-state index in [-0.39, 0.29) is 41.2 Å². The van der Waals surface area contributed by atoms with E-state index in [0.29, 0.717) is 19.4 Å². The van der Waals surface area contributed by atoms with Crippen LogP contribution in [0, 0.1) is 23.2 Å². The van der Waals surface area contributed by atoms with Crippen molar-refractivity contribution in [3.05, 3.63) is 25.3 Å². The van der Waals surface area contributed by atoms with Crippen molar-refractivity contribution in [3.63, 3.8) is 0 Å². The molecule has 7 atom stereocenters. The van der Waals surface area contributed by atoms with Crippen LogP contribution in [0.15, 0.2) is 25.3 Å². The Hall–Kier alpha value is -1.71. The second kappa shape index (κ2) is 12.9. The van der Waals surface area contributed by atoms with Crippen molar-refractivity contribution >= 4 is 33.7 Å². The van der Waals surface area contributed by atoms with Crippen LogP contribution >= 0.6 is 15.9 Å². The quantitative estimate of drug-likeness (QED) is 0.126. The van der Waals surface area contributed by atoms with Gasteiger partial charge in [-0.2, -0.15) is 0 Å². The molecular weight excluding hydrogens is 588 g/mol. The van der Waals surface area contributed by atoms with Gasteiger partial charge in [-0.15, -0.1) is 13.2 Å². The Kier molecular flexibility index (Phi) is 10.6. The average molecular weight is 640 g/mol. The monoisotopic (exact) mass is 638 g/mol. The van der Waals surface area contributed by atoms with Gasteiger partial charge >= 0.3 is 5.97 Å². The molecule has 0 aliphatic carbocycles. The summed E-state index contributed by atoms with van der Waals surface area (Å²) < 4.78 is 12.3. The summed E-state index contributed by atoms with van der Waals surface area (Å²) in [5.41, 5.74) is -1.84. The van der Waals surface area contributed by atoms with Gasteiger partial charge < -0.3 is 24.4 Å². The van der Waals surface area contributed by atoms with Crippen LogP contribution < -0.4 is 0 Å². The lowest BCUT2D eigenvalue weighted by Gasteiger charge is -2.47. The lowest BCUT2D eigenvalue weighted by molar-refractivity contribution is -0.158. The minimum absolute atomic E-state index is 0.0649. The molecule has 3 saturated heterocycles. The van der Waals surface area contributed by atoms with Gasteiger partial charge in [0.1, 0.15) is 11.6 Å². The summed E-state index contributed by atoms with van der Waals surface area (Å²) >= 11 is 3.72. The van der Waals surface area contributed by atoms with Crippen molar-refractivity contribution in [2.24, 2.45) is 23.2 Å². The molecule has 3 heterocycles. The smallest absolute Gasteiger partial charge is 0.312 e. The highest BCUT2D eigenvalue weighted by Gasteiger charge is 2.78. The zero-order valence-corrected chi connectivity index (χ0v) is 27.6. The number of hydrogen-bond acceptors (Lipinski definition) is 6. The van der Waals surface area contributed by atoms with E-state index in [2.05, 4.69) is 49.9 Å². The number of aliphatic hydroxyl groups excluding tert-OH is 1. The molecule has 1 spiro atoms. The van der Waals surface area contributed by atoms with E-state index in [0.717, 1.165) is 19.3 Å². The van der Waals surface area contributed by atoms with Crippen molar-refractivity contribution in [2.45, 2.75) is 115 Å². The Balaban J connectivity index is 2.08. The molecule has 3 fully saturated rings. The third-order valence-corrected chi connectivity index (χ3v) is 9.71. The molecule has 2 amide bonds. The van der Waals surface area contributed by atoms with Gasteiger partial charge in [0.2, 0.25) is 11.8 Å². The predicted molar refractivity (Wildman–Crippen MR) is 163 cm³/mol. The first kappa shape index (κ1) is 33.8. The number of esters is 1. The molecular formula is C32H51BrN2O6.